The Labute approximate surface area is 180 Å². The van der Waals surface area contributed by atoms with Gasteiger partial charge in [0.05, 0.1) is 22.5 Å². The van der Waals surface area contributed by atoms with Gasteiger partial charge in [0.15, 0.2) is 0 Å². The molecule has 2 heterocycles. The van der Waals surface area contributed by atoms with Crippen LogP contribution in [-0.4, -0.2) is 35.6 Å². The van der Waals surface area contributed by atoms with Gasteiger partial charge in [0.25, 0.3) is 5.91 Å². The number of aromatic nitrogens is 1. The molecule has 8 nitrogen and oxygen atoms in total. The molecule has 2 amide bonds. The number of benzene rings is 1. The van der Waals surface area contributed by atoms with Crippen LogP contribution in [0.2, 0.25) is 5.02 Å². The van der Waals surface area contributed by atoms with Crippen molar-refractivity contribution in [2.75, 3.05) is 11.9 Å². The number of halogens is 1. The monoisotopic (exact) mass is 444 g/mol. The second-order valence-electron chi connectivity index (χ2n) is 5.99. The number of hydrogen-bond acceptors (Lipinski definition) is 7. The third-order valence-corrected chi connectivity index (χ3v) is 5.57. The number of carbonyl (C=O) groups is 3. The normalized spacial score (nSPS) is 10.9. The van der Waals surface area contributed by atoms with E-state index in [0.29, 0.717) is 31.2 Å². The number of carbonyl (C=O) groups excluding carboxylic acids is 3. The summed E-state index contributed by atoms with van der Waals surface area (Å²) in [6.45, 7) is 3.25. The largest absolute Gasteiger partial charge is 0.462 e. The van der Waals surface area contributed by atoms with Crippen molar-refractivity contribution in [1.82, 2.24) is 10.4 Å². The summed E-state index contributed by atoms with van der Waals surface area (Å²) in [6.07, 6.45) is 4.42. The maximum Gasteiger partial charge on any atom is 0.341 e. The van der Waals surface area contributed by atoms with Crippen molar-refractivity contribution in [3.05, 3.63) is 58.4 Å². The zero-order valence-electron chi connectivity index (χ0n) is 16.1. The van der Waals surface area contributed by atoms with Crippen LogP contribution >= 0.6 is 22.9 Å². The molecule has 0 spiro atoms. The van der Waals surface area contributed by atoms with E-state index in [4.69, 9.17) is 16.3 Å². The summed E-state index contributed by atoms with van der Waals surface area (Å²) < 4.78 is 5.71. The highest BCUT2D eigenvalue weighted by Gasteiger charge is 2.23. The molecule has 2 N–H and O–H groups in total. The highest BCUT2D eigenvalue weighted by Crippen LogP contribution is 2.41. The number of nitrogens with one attached hydrogen (secondary N) is 2. The summed E-state index contributed by atoms with van der Waals surface area (Å²) in [6, 6.07) is 6.49. The molecule has 0 atom stereocenters. The minimum atomic E-state index is -0.547. The van der Waals surface area contributed by atoms with E-state index in [-0.39, 0.29) is 24.0 Å². The van der Waals surface area contributed by atoms with Gasteiger partial charge >= 0.3 is 5.97 Å². The van der Waals surface area contributed by atoms with Crippen LogP contribution in [0.3, 0.4) is 0 Å². The van der Waals surface area contributed by atoms with E-state index >= 15 is 0 Å². The molecular weight excluding hydrogens is 428 g/mol. The molecule has 0 unspecified atom stereocenters. The Balaban J connectivity index is 1.92. The van der Waals surface area contributed by atoms with Crippen molar-refractivity contribution in [2.45, 2.75) is 13.8 Å². The molecule has 2 aromatic heterocycles. The molecule has 0 saturated carbocycles. The molecule has 0 fully saturated rings. The van der Waals surface area contributed by atoms with Crippen LogP contribution in [0.1, 0.15) is 40.1 Å². The molecule has 0 aliphatic heterocycles. The predicted molar refractivity (Wildman–Crippen MR) is 116 cm³/mol. The van der Waals surface area contributed by atoms with Gasteiger partial charge in [0.1, 0.15) is 10.6 Å². The van der Waals surface area contributed by atoms with Gasteiger partial charge in [-0.25, -0.2) is 10.2 Å². The Kier molecular flexibility index (Phi) is 6.76. The summed E-state index contributed by atoms with van der Waals surface area (Å²) in [5.74, 6) is -1.25. The molecule has 1 aromatic carbocycles. The number of hydrogen-bond donors (Lipinski definition) is 2. The average molecular weight is 445 g/mol. The van der Waals surface area contributed by atoms with Gasteiger partial charge in [-0.2, -0.15) is 5.10 Å². The third kappa shape index (κ3) is 4.64. The summed E-state index contributed by atoms with van der Waals surface area (Å²) >= 11 is 7.67. The second kappa shape index (κ2) is 9.47. The number of nitrogens with zero attached hydrogens (tertiary/aromatic N) is 2. The zero-order chi connectivity index (χ0) is 21.7. The smallest absolute Gasteiger partial charge is 0.341 e. The van der Waals surface area contributed by atoms with Crippen LogP contribution in [-0.2, 0) is 9.53 Å². The first kappa shape index (κ1) is 21.4. The Hall–Kier alpha value is -3.30. The average Bonchev–Trinajstić information content (AvgIpc) is 3.08. The van der Waals surface area contributed by atoms with E-state index in [1.807, 2.05) is 0 Å². The first-order chi connectivity index (χ1) is 14.4. The molecule has 0 bridgehead atoms. The van der Waals surface area contributed by atoms with Crippen LogP contribution in [0.4, 0.5) is 5.00 Å². The molecular formula is C20H17ClN4O4S. The SMILES string of the molecule is CCOC(=O)c1c(NC(C)=O)sc2c(Cl)c(/C=N\NC(=O)c3ccncc3)ccc12. The number of pyridine rings is 1. The highest BCUT2D eigenvalue weighted by molar-refractivity contribution is 7.24. The van der Waals surface area contributed by atoms with Gasteiger partial charge in [-0.15, -0.1) is 11.3 Å². The maximum atomic E-state index is 12.4. The number of hydrazone groups is 1. The lowest BCUT2D eigenvalue weighted by atomic mass is 10.1. The minimum absolute atomic E-state index is 0.200. The van der Waals surface area contributed by atoms with Crippen LogP contribution in [0.25, 0.3) is 10.1 Å². The minimum Gasteiger partial charge on any atom is -0.462 e. The van der Waals surface area contributed by atoms with Gasteiger partial charge in [0, 0.05) is 35.8 Å². The third-order valence-electron chi connectivity index (χ3n) is 3.91. The molecule has 0 aliphatic rings. The standard InChI is InChI=1S/C20H17ClN4O4S/c1-3-29-20(28)15-14-5-4-13(16(21)17(14)30-19(15)24-11(2)26)10-23-25-18(27)12-6-8-22-9-7-12/h4-10H,3H2,1-2H3,(H,24,26)(H,25,27)/b23-10-. The lowest BCUT2D eigenvalue weighted by molar-refractivity contribution is -0.114. The van der Waals surface area contributed by atoms with Gasteiger partial charge in [-0.1, -0.05) is 23.7 Å². The molecule has 0 aliphatic carbocycles. The van der Waals surface area contributed by atoms with E-state index in [1.54, 1.807) is 31.2 Å². The number of amides is 2. The molecule has 3 aromatic rings. The molecule has 0 saturated heterocycles. The van der Waals surface area contributed by atoms with Gasteiger partial charge in [0.2, 0.25) is 5.91 Å². The van der Waals surface area contributed by atoms with Crippen molar-refractivity contribution in [1.29, 1.82) is 0 Å². The molecule has 30 heavy (non-hydrogen) atoms. The quantitative estimate of drug-likeness (QED) is 0.341. The molecule has 154 valence electrons. The number of thiophene rings is 1. The van der Waals surface area contributed by atoms with Gasteiger partial charge < -0.3 is 10.1 Å². The maximum absolute atomic E-state index is 12.4. The zero-order valence-corrected chi connectivity index (χ0v) is 17.6. The summed E-state index contributed by atoms with van der Waals surface area (Å²) in [7, 11) is 0. The number of rotatable bonds is 6. The number of esters is 1. The topological polar surface area (TPSA) is 110 Å². The molecule has 10 heteroatoms. The Morgan fingerprint density at radius 2 is 1.97 bits per heavy atom. The van der Waals surface area contributed by atoms with Crippen LogP contribution in [0.15, 0.2) is 41.8 Å². The number of anilines is 1. The van der Waals surface area contributed by atoms with E-state index in [1.165, 1.54) is 25.5 Å². The Morgan fingerprint density at radius 3 is 2.63 bits per heavy atom. The van der Waals surface area contributed by atoms with E-state index in [0.717, 1.165) is 11.3 Å². The van der Waals surface area contributed by atoms with E-state index < -0.39 is 5.97 Å². The Bertz CT molecular complexity index is 1140. The van der Waals surface area contributed by atoms with Crippen LogP contribution in [0, 0.1) is 0 Å². The fraction of sp³-hybridized carbons (Fsp3) is 0.150. The summed E-state index contributed by atoms with van der Waals surface area (Å²) in [5.41, 5.74) is 3.62. The highest BCUT2D eigenvalue weighted by atomic mass is 35.5. The number of fused-ring (bicyclic) bond motifs is 1. The van der Waals surface area contributed by atoms with Gasteiger partial charge in [-0.3, -0.25) is 14.6 Å². The summed E-state index contributed by atoms with van der Waals surface area (Å²) in [5, 5.41) is 7.85. The second-order valence-corrected chi connectivity index (χ2v) is 7.39. The van der Waals surface area contributed by atoms with Crippen LogP contribution in [0.5, 0.6) is 0 Å². The first-order valence-electron chi connectivity index (χ1n) is 8.85. The Morgan fingerprint density at radius 1 is 1.23 bits per heavy atom. The van der Waals surface area contributed by atoms with Crippen molar-refractivity contribution in [3.8, 4) is 0 Å². The lowest BCUT2D eigenvalue weighted by Crippen LogP contribution is -2.17. The van der Waals surface area contributed by atoms with Crippen molar-refractivity contribution in [2.24, 2.45) is 5.10 Å². The van der Waals surface area contributed by atoms with E-state index in [9.17, 15) is 14.4 Å². The van der Waals surface area contributed by atoms with Crippen molar-refractivity contribution >= 4 is 62.0 Å². The fourth-order valence-corrected chi connectivity index (χ4v) is 4.14. The number of ether oxygens (including phenoxy) is 1. The fourth-order valence-electron chi connectivity index (χ4n) is 2.63. The predicted octanol–water partition coefficient (Wildman–Crippen LogP) is 3.85. The molecule has 0 radical (unpaired) electrons. The van der Waals surface area contributed by atoms with Crippen LogP contribution < -0.4 is 10.7 Å². The lowest BCUT2D eigenvalue weighted by Gasteiger charge is -2.05. The molecule has 3 rings (SSSR count). The van der Waals surface area contributed by atoms with Crippen molar-refractivity contribution in [3.63, 3.8) is 0 Å². The van der Waals surface area contributed by atoms with Crippen molar-refractivity contribution < 1.29 is 19.1 Å². The van der Waals surface area contributed by atoms with E-state index in [2.05, 4.69) is 20.8 Å². The first-order valence-corrected chi connectivity index (χ1v) is 10.0. The van der Waals surface area contributed by atoms with Gasteiger partial charge in [-0.05, 0) is 19.1 Å². The summed E-state index contributed by atoms with van der Waals surface area (Å²) in [4.78, 5) is 39.9.